The van der Waals surface area contributed by atoms with Crippen LogP contribution in [0.3, 0.4) is 0 Å². The van der Waals surface area contributed by atoms with Crippen LogP contribution in [-0.4, -0.2) is 4.98 Å². The number of aromatic nitrogens is 1. The number of rotatable bonds is 2. The second kappa shape index (κ2) is 8.29. The summed E-state index contributed by atoms with van der Waals surface area (Å²) in [5.41, 5.74) is 7.51. The Hall–Kier alpha value is -4.92. The molecule has 40 heavy (non-hydrogen) atoms. The molecule has 0 aliphatic rings. The number of para-hydroxylation sites is 1. The van der Waals surface area contributed by atoms with Crippen molar-refractivity contribution >= 4 is 74.9 Å². The van der Waals surface area contributed by atoms with Gasteiger partial charge in [-0.3, -0.25) is 0 Å². The lowest BCUT2D eigenvalue weighted by molar-refractivity contribution is 1.56. The molecule has 0 aliphatic carbocycles. The van der Waals surface area contributed by atoms with Crippen LogP contribution in [-0.2, 0) is 0 Å². The lowest BCUT2D eigenvalue weighted by atomic mass is 9.95. The summed E-state index contributed by atoms with van der Waals surface area (Å²) >= 11 is 1.91. The Balaban J connectivity index is 1.39. The van der Waals surface area contributed by atoms with Crippen molar-refractivity contribution in [2.24, 2.45) is 0 Å². The molecule has 0 bridgehead atoms. The molecule has 0 radical (unpaired) electrons. The van der Waals surface area contributed by atoms with Gasteiger partial charge in [0.25, 0.3) is 0 Å². The third-order valence-corrected chi connectivity index (χ3v) is 9.70. The van der Waals surface area contributed by atoms with Crippen molar-refractivity contribution in [3.63, 3.8) is 0 Å². The molecule has 2 heterocycles. The fourth-order valence-corrected chi connectivity index (χ4v) is 8.04. The van der Waals surface area contributed by atoms with E-state index in [0.29, 0.717) is 0 Å². The normalized spacial score (nSPS) is 12.0. The number of H-pyrrole nitrogens is 1. The minimum Gasteiger partial charge on any atom is -0.353 e. The van der Waals surface area contributed by atoms with E-state index in [1.165, 1.54) is 85.8 Å². The highest BCUT2D eigenvalue weighted by Gasteiger charge is 2.18. The Labute approximate surface area is 234 Å². The fourth-order valence-electron chi connectivity index (χ4n) is 6.67. The maximum Gasteiger partial charge on any atom is 0.0551 e. The molecule has 0 aliphatic heterocycles. The zero-order chi connectivity index (χ0) is 26.2. The zero-order valence-electron chi connectivity index (χ0n) is 21.6. The van der Waals surface area contributed by atoms with E-state index in [-0.39, 0.29) is 0 Å². The molecule has 0 spiro atoms. The van der Waals surface area contributed by atoms with Gasteiger partial charge >= 0.3 is 0 Å². The van der Waals surface area contributed by atoms with Crippen LogP contribution in [0.1, 0.15) is 0 Å². The number of thiophene rings is 1. The molecule has 1 N–H and O–H groups in total. The molecular weight excluding hydrogens is 502 g/mol. The Bertz CT molecular complexity index is 2420. The maximum absolute atomic E-state index is 3.92. The Kier molecular flexibility index (Phi) is 4.55. The molecular formula is C38H23NS. The summed E-state index contributed by atoms with van der Waals surface area (Å²) in [4.78, 5) is 3.92. The number of fused-ring (bicyclic) bond motifs is 11. The van der Waals surface area contributed by atoms with Crippen molar-refractivity contribution in [2.45, 2.75) is 0 Å². The van der Waals surface area contributed by atoms with E-state index in [0.717, 1.165) is 0 Å². The highest BCUT2D eigenvalue weighted by atomic mass is 32.1. The quantitative estimate of drug-likeness (QED) is 0.216. The zero-order valence-corrected chi connectivity index (χ0v) is 22.4. The standard InChI is InChI=1S/C38H23NS/c1-2-11-23(12-3-1)24-17-8-20-31-32-21-10-19-30(38(32)40-37(24)31)29-18-9-22-33-34-27-15-6-4-13-25(27)26-14-5-7-16-28(26)36(34)39-35(29)33/h1-22,39H. The van der Waals surface area contributed by atoms with Gasteiger partial charge in [-0.05, 0) is 27.3 Å². The molecule has 0 unspecified atom stereocenters. The van der Waals surface area contributed by atoms with Gasteiger partial charge in [-0.2, -0.15) is 0 Å². The van der Waals surface area contributed by atoms with Gasteiger partial charge in [-0.15, -0.1) is 11.3 Å². The van der Waals surface area contributed by atoms with Crippen LogP contribution in [0.15, 0.2) is 133 Å². The van der Waals surface area contributed by atoms with Crippen molar-refractivity contribution in [2.75, 3.05) is 0 Å². The first-order chi connectivity index (χ1) is 19.9. The molecule has 0 fully saturated rings. The second-order valence-corrected chi connectivity index (χ2v) is 11.5. The fraction of sp³-hybridized carbons (Fsp3) is 0. The van der Waals surface area contributed by atoms with Crippen molar-refractivity contribution in [3.8, 4) is 22.3 Å². The Morgan fingerprint density at radius 1 is 0.350 bits per heavy atom. The van der Waals surface area contributed by atoms with Crippen LogP contribution in [0, 0.1) is 0 Å². The third-order valence-electron chi connectivity index (χ3n) is 8.42. The van der Waals surface area contributed by atoms with Crippen molar-refractivity contribution in [1.82, 2.24) is 4.98 Å². The van der Waals surface area contributed by atoms with Gasteiger partial charge < -0.3 is 4.98 Å². The first kappa shape index (κ1) is 22.0. The molecule has 2 aromatic heterocycles. The molecule has 0 saturated carbocycles. The summed E-state index contributed by atoms with van der Waals surface area (Å²) in [7, 11) is 0. The smallest absolute Gasteiger partial charge is 0.0551 e. The summed E-state index contributed by atoms with van der Waals surface area (Å²) in [5.74, 6) is 0. The molecule has 9 aromatic rings. The second-order valence-electron chi connectivity index (χ2n) is 10.5. The molecule has 7 aromatic carbocycles. The SMILES string of the molecule is c1ccc(-c2cccc3c2sc2c(-c4cccc5c4[nH]c4c6ccccc6c6ccccc6c54)cccc23)cc1. The first-order valence-corrected chi connectivity index (χ1v) is 14.5. The van der Waals surface area contributed by atoms with Gasteiger partial charge in [-0.25, -0.2) is 0 Å². The van der Waals surface area contributed by atoms with Crippen LogP contribution in [0.4, 0.5) is 0 Å². The van der Waals surface area contributed by atoms with Crippen molar-refractivity contribution in [1.29, 1.82) is 0 Å². The highest BCUT2D eigenvalue weighted by molar-refractivity contribution is 7.26. The lowest BCUT2D eigenvalue weighted by Gasteiger charge is -2.07. The van der Waals surface area contributed by atoms with E-state index in [1.807, 2.05) is 11.3 Å². The van der Waals surface area contributed by atoms with E-state index in [4.69, 9.17) is 0 Å². The number of hydrogen-bond donors (Lipinski definition) is 1. The molecule has 0 saturated heterocycles. The highest BCUT2D eigenvalue weighted by Crippen LogP contribution is 2.46. The molecule has 0 amide bonds. The first-order valence-electron chi connectivity index (χ1n) is 13.7. The number of hydrogen-bond acceptors (Lipinski definition) is 1. The predicted molar refractivity (Wildman–Crippen MR) is 175 cm³/mol. The molecule has 0 atom stereocenters. The summed E-state index contributed by atoms with van der Waals surface area (Å²) in [6.45, 7) is 0. The van der Waals surface area contributed by atoms with E-state index < -0.39 is 0 Å². The Morgan fingerprint density at radius 3 is 1.62 bits per heavy atom. The monoisotopic (exact) mass is 525 g/mol. The van der Waals surface area contributed by atoms with Crippen LogP contribution in [0.5, 0.6) is 0 Å². The number of nitrogens with one attached hydrogen (secondary N) is 1. The van der Waals surface area contributed by atoms with Gasteiger partial charge in [0.15, 0.2) is 0 Å². The summed E-state index contributed by atoms with van der Waals surface area (Å²) < 4.78 is 2.68. The largest absolute Gasteiger partial charge is 0.353 e. The van der Waals surface area contributed by atoms with Crippen LogP contribution < -0.4 is 0 Å². The minimum absolute atomic E-state index is 1.20. The van der Waals surface area contributed by atoms with E-state index in [2.05, 4.69) is 138 Å². The summed E-state index contributed by atoms with van der Waals surface area (Å²) in [6, 6.07) is 48.6. The van der Waals surface area contributed by atoms with Crippen LogP contribution in [0.25, 0.3) is 85.8 Å². The van der Waals surface area contributed by atoms with E-state index >= 15 is 0 Å². The maximum atomic E-state index is 3.92. The average molecular weight is 526 g/mol. The van der Waals surface area contributed by atoms with Crippen molar-refractivity contribution in [3.05, 3.63) is 133 Å². The summed E-state index contributed by atoms with van der Waals surface area (Å²) in [6.07, 6.45) is 0. The average Bonchev–Trinajstić information content (AvgIpc) is 3.61. The number of benzene rings is 7. The minimum atomic E-state index is 1.20. The summed E-state index contributed by atoms with van der Waals surface area (Å²) in [5, 5.41) is 10.4. The topological polar surface area (TPSA) is 15.8 Å². The van der Waals surface area contributed by atoms with Crippen LogP contribution >= 0.6 is 11.3 Å². The number of aromatic amines is 1. The van der Waals surface area contributed by atoms with E-state index in [1.54, 1.807) is 0 Å². The molecule has 186 valence electrons. The predicted octanol–water partition coefficient (Wildman–Crippen LogP) is 11.3. The van der Waals surface area contributed by atoms with Gasteiger partial charge in [0.1, 0.15) is 0 Å². The van der Waals surface area contributed by atoms with Crippen molar-refractivity contribution < 1.29 is 0 Å². The molecule has 1 nitrogen and oxygen atoms in total. The third kappa shape index (κ3) is 2.97. The Morgan fingerprint density at radius 2 is 0.875 bits per heavy atom. The van der Waals surface area contributed by atoms with Crippen LogP contribution in [0.2, 0.25) is 0 Å². The van der Waals surface area contributed by atoms with Gasteiger partial charge in [0.05, 0.1) is 11.0 Å². The van der Waals surface area contributed by atoms with E-state index in [9.17, 15) is 0 Å². The van der Waals surface area contributed by atoms with Gasteiger partial charge in [0, 0.05) is 47.5 Å². The van der Waals surface area contributed by atoms with Gasteiger partial charge in [-0.1, -0.05) is 133 Å². The lowest BCUT2D eigenvalue weighted by Crippen LogP contribution is -1.81. The molecule has 2 heteroatoms. The van der Waals surface area contributed by atoms with Gasteiger partial charge in [0.2, 0.25) is 0 Å². The molecule has 9 rings (SSSR count).